The topological polar surface area (TPSA) is 64.6 Å². The normalized spacial score (nSPS) is 14.6. The van der Waals surface area contributed by atoms with Crippen molar-refractivity contribution in [1.82, 2.24) is 5.32 Å². The molecule has 138 valence electrons. The van der Waals surface area contributed by atoms with Crippen LogP contribution < -0.4 is 10.1 Å². The average molecular weight is 381 g/mol. The molecule has 1 amide bonds. The third-order valence-electron chi connectivity index (χ3n) is 4.99. The fourth-order valence-electron chi connectivity index (χ4n) is 3.36. The minimum absolute atomic E-state index is 0.0402. The molecular weight excluding hydrogens is 362 g/mol. The third-order valence-corrected chi connectivity index (χ3v) is 5.87. The van der Waals surface area contributed by atoms with Gasteiger partial charge in [-0.3, -0.25) is 0 Å². The van der Waals surface area contributed by atoms with E-state index in [1.807, 2.05) is 0 Å². The number of nitrogens with one attached hydrogen (secondary N) is 1. The van der Waals surface area contributed by atoms with E-state index >= 15 is 0 Å². The van der Waals surface area contributed by atoms with Gasteiger partial charge in [0.1, 0.15) is 11.3 Å². The first kappa shape index (κ1) is 17.5. The van der Waals surface area contributed by atoms with Gasteiger partial charge in [-0.1, -0.05) is 24.3 Å². The highest BCUT2D eigenvalue weighted by atomic mass is 32.1. The highest BCUT2D eigenvalue weighted by Gasteiger charge is 2.45. The highest BCUT2D eigenvalue weighted by molar-refractivity contribution is 7.17. The van der Waals surface area contributed by atoms with E-state index in [0.717, 1.165) is 12.8 Å². The number of methoxy groups -OCH3 is 1. The summed E-state index contributed by atoms with van der Waals surface area (Å²) in [5, 5.41) is 6.21. The van der Waals surface area contributed by atoms with Crippen LogP contribution in [0, 0.1) is 0 Å². The van der Waals surface area contributed by atoms with E-state index in [2.05, 4.69) is 35.0 Å². The van der Waals surface area contributed by atoms with Crippen LogP contribution in [0.4, 0.5) is 4.79 Å². The monoisotopic (exact) mass is 381 g/mol. The first-order valence-electron chi connectivity index (χ1n) is 8.73. The summed E-state index contributed by atoms with van der Waals surface area (Å²) < 4.78 is 11.3. The standard InChI is InChI=1S/C21H19NO4S/c1-25-19(23)15-5-2-3-7-17(15)26-20(24)22-13-21(10-11-21)16-6-4-8-18-14(16)9-12-27-18/h2-9,12H,10-11,13H2,1H3,(H,22,24). The van der Waals surface area contributed by atoms with E-state index in [9.17, 15) is 9.59 Å². The molecule has 0 aliphatic heterocycles. The molecule has 1 N–H and O–H groups in total. The van der Waals surface area contributed by atoms with Crippen molar-refractivity contribution in [2.75, 3.05) is 13.7 Å². The molecule has 1 heterocycles. The molecule has 0 bridgehead atoms. The van der Waals surface area contributed by atoms with Crippen LogP contribution in [0.1, 0.15) is 28.8 Å². The van der Waals surface area contributed by atoms with Gasteiger partial charge in [0.15, 0.2) is 0 Å². The van der Waals surface area contributed by atoms with E-state index in [0.29, 0.717) is 6.54 Å². The lowest BCUT2D eigenvalue weighted by molar-refractivity contribution is 0.0598. The van der Waals surface area contributed by atoms with E-state index in [1.54, 1.807) is 35.6 Å². The molecule has 0 saturated heterocycles. The number of esters is 1. The molecule has 0 spiro atoms. The Morgan fingerprint density at radius 2 is 1.93 bits per heavy atom. The Labute approximate surface area is 160 Å². The number of thiophene rings is 1. The van der Waals surface area contributed by atoms with Gasteiger partial charge < -0.3 is 14.8 Å². The summed E-state index contributed by atoms with van der Waals surface area (Å²) in [4.78, 5) is 24.1. The molecule has 1 saturated carbocycles. The number of para-hydroxylation sites is 1. The number of carbonyl (C=O) groups excluding carboxylic acids is 2. The second kappa shape index (κ2) is 7.04. The van der Waals surface area contributed by atoms with Crippen molar-refractivity contribution >= 4 is 33.5 Å². The van der Waals surface area contributed by atoms with Gasteiger partial charge in [0.25, 0.3) is 0 Å². The summed E-state index contributed by atoms with van der Waals surface area (Å²) in [6.45, 7) is 0.501. The number of benzene rings is 2. The van der Waals surface area contributed by atoms with Gasteiger partial charge in [0.05, 0.1) is 7.11 Å². The van der Waals surface area contributed by atoms with Crippen LogP contribution >= 0.6 is 11.3 Å². The predicted octanol–water partition coefficient (Wildman–Crippen LogP) is 4.51. The van der Waals surface area contributed by atoms with E-state index < -0.39 is 12.1 Å². The molecule has 0 radical (unpaired) electrons. The van der Waals surface area contributed by atoms with E-state index in [-0.39, 0.29) is 16.7 Å². The lowest BCUT2D eigenvalue weighted by Gasteiger charge is -2.18. The molecule has 27 heavy (non-hydrogen) atoms. The Morgan fingerprint density at radius 3 is 2.70 bits per heavy atom. The van der Waals surface area contributed by atoms with Gasteiger partial charge in [-0.15, -0.1) is 11.3 Å². The highest BCUT2D eigenvalue weighted by Crippen LogP contribution is 2.50. The van der Waals surface area contributed by atoms with Gasteiger partial charge in [-0.05, 0) is 53.4 Å². The van der Waals surface area contributed by atoms with E-state index in [1.165, 1.54) is 22.8 Å². The number of hydrogen-bond donors (Lipinski definition) is 1. The van der Waals surface area contributed by atoms with Gasteiger partial charge in [-0.25, -0.2) is 9.59 Å². The maximum Gasteiger partial charge on any atom is 0.412 e. The first-order valence-corrected chi connectivity index (χ1v) is 9.61. The molecule has 0 unspecified atom stereocenters. The Morgan fingerprint density at radius 1 is 1.11 bits per heavy atom. The van der Waals surface area contributed by atoms with Crippen molar-refractivity contribution in [1.29, 1.82) is 0 Å². The maximum atomic E-state index is 12.3. The zero-order valence-corrected chi connectivity index (χ0v) is 15.7. The molecule has 1 aliphatic carbocycles. The number of hydrogen-bond acceptors (Lipinski definition) is 5. The van der Waals surface area contributed by atoms with Crippen LogP contribution in [0.3, 0.4) is 0 Å². The molecule has 3 aromatic rings. The van der Waals surface area contributed by atoms with E-state index in [4.69, 9.17) is 9.47 Å². The van der Waals surface area contributed by atoms with Gasteiger partial charge in [-0.2, -0.15) is 0 Å². The molecular formula is C21H19NO4S. The van der Waals surface area contributed by atoms with Crippen LogP contribution in [0.15, 0.2) is 53.9 Å². The smallest absolute Gasteiger partial charge is 0.412 e. The second-order valence-corrected chi connectivity index (χ2v) is 7.60. The predicted molar refractivity (Wildman–Crippen MR) is 105 cm³/mol. The lowest BCUT2D eigenvalue weighted by atomic mass is 9.93. The zero-order chi connectivity index (χ0) is 18.9. The number of fused-ring (bicyclic) bond motifs is 1. The molecule has 5 nitrogen and oxygen atoms in total. The van der Waals surface area contributed by atoms with Crippen molar-refractivity contribution in [3.8, 4) is 5.75 Å². The molecule has 4 rings (SSSR count). The van der Waals surface area contributed by atoms with Gasteiger partial charge >= 0.3 is 12.1 Å². The summed E-state index contributed by atoms with van der Waals surface area (Å²) in [6, 6.07) is 15.0. The summed E-state index contributed by atoms with van der Waals surface area (Å²) in [7, 11) is 1.29. The molecule has 1 aliphatic rings. The Bertz CT molecular complexity index is 1010. The fourth-order valence-corrected chi connectivity index (χ4v) is 4.17. The van der Waals surface area contributed by atoms with Crippen LogP contribution in [-0.4, -0.2) is 25.7 Å². The van der Waals surface area contributed by atoms with Gasteiger partial charge in [0, 0.05) is 16.7 Å². The minimum Gasteiger partial charge on any atom is -0.465 e. The number of carbonyl (C=O) groups is 2. The van der Waals surface area contributed by atoms with Crippen molar-refractivity contribution in [2.24, 2.45) is 0 Å². The number of ether oxygens (including phenoxy) is 2. The number of rotatable bonds is 5. The molecule has 6 heteroatoms. The first-order chi connectivity index (χ1) is 13.1. The SMILES string of the molecule is COC(=O)c1ccccc1OC(=O)NCC1(c2cccc3sccc23)CC1. The van der Waals surface area contributed by atoms with Gasteiger partial charge in [0.2, 0.25) is 0 Å². The number of amides is 1. The van der Waals surface area contributed by atoms with Crippen LogP contribution in [0.25, 0.3) is 10.1 Å². The second-order valence-electron chi connectivity index (χ2n) is 6.65. The van der Waals surface area contributed by atoms with Crippen molar-refractivity contribution in [3.05, 3.63) is 65.0 Å². The van der Waals surface area contributed by atoms with Crippen LogP contribution in [0.5, 0.6) is 5.75 Å². The van der Waals surface area contributed by atoms with Crippen molar-refractivity contribution in [3.63, 3.8) is 0 Å². The quantitative estimate of drug-likeness (QED) is 0.661. The summed E-state index contributed by atoms with van der Waals surface area (Å²) >= 11 is 1.72. The van der Waals surface area contributed by atoms with Crippen molar-refractivity contribution < 1.29 is 19.1 Å². The van der Waals surface area contributed by atoms with Crippen LogP contribution in [-0.2, 0) is 10.2 Å². The Hall–Kier alpha value is -2.86. The molecule has 2 aromatic carbocycles. The minimum atomic E-state index is -0.574. The Balaban J connectivity index is 1.46. The largest absolute Gasteiger partial charge is 0.465 e. The average Bonchev–Trinajstić information content (AvgIpc) is 3.33. The summed E-state index contributed by atoms with van der Waals surface area (Å²) in [5.74, 6) is -0.354. The lowest BCUT2D eigenvalue weighted by Crippen LogP contribution is -2.34. The Kier molecular flexibility index (Phi) is 4.58. The molecule has 0 atom stereocenters. The van der Waals surface area contributed by atoms with Crippen molar-refractivity contribution in [2.45, 2.75) is 18.3 Å². The molecule has 1 fully saturated rings. The summed E-state index contributed by atoms with van der Waals surface area (Å²) in [5.41, 5.74) is 1.46. The zero-order valence-electron chi connectivity index (χ0n) is 14.9. The summed E-state index contributed by atoms with van der Waals surface area (Å²) in [6.07, 6.45) is 1.48. The molecule has 1 aromatic heterocycles. The maximum absolute atomic E-state index is 12.3. The van der Waals surface area contributed by atoms with Crippen LogP contribution in [0.2, 0.25) is 0 Å². The third kappa shape index (κ3) is 3.40. The fraction of sp³-hybridized carbons (Fsp3) is 0.238.